The Balaban J connectivity index is 2.28. The van der Waals surface area contributed by atoms with Crippen molar-refractivity contribution in [1.29, 1.82) is 0 Å². The minimum atomic E-state index is 0.0976. The molecule has 0 aromatic heterocycles. The normalized spacial score (nSPS) is 25.9. The monoisotopic (exact) mass is 256 g/mol. The average molecular weight is 256 g/mol. The second-order valence-corrected chi connectivity index (χ2v) is 5.80. The molecular weight excluding hydrogens is 228 g/mol. The van der Waals surface area contributed by atoms with Crippen LogP contribution in [0.4, 0.5) is 0 Å². The molecule has 1 amide bonds. The van der Waals surface area contributed by atoms with Gasteiger partial charge in [0.1, 0.15) is 0 Å². The molecule has 2 N–H and O–H groups in total. The van der Waals surface area contributed by atoms with E-state index in [9.17, 15) is 4.79 Å². The van der Waals surface area contributed by atoms with Crippen LogP contribution in [0.2, 0.25) is 0 Å². The van der Waals surface area contributed by atoms with Gasteiger partial charge in [-0.05, 0) is 19.3 Å². The molecule has 2 atom stereocenters. The van der Waals surface area contributed by atoms with Crippen LogP contribution in [0.3, 0.4) is 0 Å². The average Bonchev–Trinajstić information content (AvgIpc) is 2.34. The first-order valence-corrected chi connectivity index (χ1v) is 7.01. The first-order valence-electron chi connectivity index (χ1n) is 7.01. The van der Waals surface area contributed by atoms with Gasteiger partial charge in [0.25, 0.3) is 0 Å². The van der Waals surface area contributed by atoms with Crippen LogP contribution in [0.5, 0.6) is 0 Å². The number of amides is 1. The molecule has 0 aromatic carbocycles. The topological polar surface area (TPSA) is 50.4 Å². The Morgan fingerprint density at radius 3 is 2.44 bits per heavy atom. The van der Waals surface area contributed by atoms with E-state index in [1.807, 2.05) is 0 Å². The first kappa shape index (κ1) is 15.4. The van der Waals surface area contributed by atoms with Gasteiger partial charge in [-0.2, -0.15) is 0 Å². The summed E-state index contributed by atoms with van der Waals surface area (Å²) in [6, 6.07) is 0.676. The number of ether oxygens (including phenoxy) is 1. The maximum absolute atomic E-state index is 11.8. The van der Waals surface area contributed by atoms with E-state index < -0.39 is 0 Å². The van der Waals surface area contributed by atoms with Crippen molar-refractivity contribution < 1.29 is 9.53 Å². The third-order valence-corrected chi connectivity index (χ3v) is 4.32. The number of carbonyl (C=O) groups is 1. The quantitative estimate of drug-likeness (QED) is 0.729. The molecule has 2 unspecified atom stereocenters. The van der Waals surface area contributed by atoms with E-state index in [1.54, 1.807) is 7.11 Å². The molecule has 4 nitrogen and oxygen atoms in total. The maximum Gasteiger partial charge on any atom is 0.234 e. The van der Waals surface area contributed by atoms with Gasteiger partial charge in [0, 0.05) is 24.6 Å². The van der Waals surface area contributed by atoms with Gasteiger partial charge in [-0.1, -0.05) is 27.7 Å². The van der Waals surface area contributed by atoms with Crippen molar-refractivity contribution in [2.75, 3.05) is 13.7 Å². The van der Waals surface area contributed by atoms with Gasteiger partial charge in [-0.3, -0.25) is 4.79 Å². The van der Waals surface area contributed by atoms with E-state index in [4.69, 9.17) is 4.74 Å². The zero-order valence-electron chi connectivity index (χ0n) is 12.4. The second-order valence-electron chi connectivity index (χ2n) is 5.80. The molecule has 1 aliphatic carbocycles. The molecule has 0 aliphatic heterocycles. The number of nitrogens with one attached hydrogen (secondary N) is 2. The van der Waals surface area contributed by atoms with Gasteiger partial charge in [-0.25, -0.2) is 0 Å². The minimum Gasteiger partial charge on any atom is -0.381 e. The van der Waals surface area contributed by atoms with Crippen molar-refractivity contribution in [1.82, 2.24) is 10.6 Å². The molecule has 18 heavy (non-hydrogen) atoms. The van der Waals surface area contributed by atoms with E-state index in [-0.39, 0.29) is 11.3 Å². The summed E-state index contributed by atoms with van der Waals surface area (Å²) in [6.45, 7) is 8.96. The number of carbonyl (C=O) groups excluding carboxylic acids is 1. The summed E-state index contributed by atoms with van der Waals surface area (Å²) in [5.74, 6) is 0.0976. The maximum atomic E-state index is 11.8. The number of methoxy groups -OCH3 is 1. The third-order valence-electron chi connectivity index (χ3n) is 4.32. The lowest BCUT2D eigenvalue weighted by Crippen LogP contribution is -2.61. The first-order chi connectivity index (χ1) is 8.45. The molecule has 0 aromatic rings. The van der Waals surface area contributed by atoms with E-state index in [1.165, 1.54) is 0 Å². The van der Waals surface area contributed by atoms with Crippen molar-refractivity contribution >= 4 is 5.91 Å². The molecule has 0 heterocycles. The van der Waals surface area contributed by atoms with Crippen molar-refractivity contribution in [2.45, 2.75) is 65.1 Å². The molecule has 4 heteroatoms. The summed E-state index contributed by atoms with van der Waals surface area (Å²) in [5.41, 5.74) is 0.115. The van der Waals surface area contributed by atoms with Gasteiger partial charge in [0.05, 0.1) is 12.6 Å². The lowest BCUT2D eigenvalue weighted by Gasteiger charge is -2.51. The van der Waals surface area contributed by atoms with Crippen LogP contribution in [-0.4, -0.2) is 37.7 Å². The molecule has 1 saturated carbocycles. The Morgan fingerprint density at radius 2 is 2.00 bits per heavy atom. The summed E-state index contributed by atoms with van der Waals surface area (Å²) in [4.78, 5) is 11.8. The van der Waals surface area contributed by atoms with Gasteiger partial charge >= 0.3 is 0 Å². The number of hydrogen-bond donors (Lipinski definition) is 2. The molecule has 0 saturated heterocycles. The molecule has 1 rings (SSSR count). The zero-order chi connectivity index (χ0) is 13.8. The van der Waals surface area contributed by atoms with Crippen LogP contribution < -0.4 is 10.6 Å². The predicted molar refractivity (Wildman–Crippen MR) is 73.5 cm³/mol. The minimum absolute atomic E-state index is 0.0976. The van der Waals surface area contributed by atoms with Crippen LogP contribution in [0.1, 0.15) is 47.0 Å². The summed E-state index contributed by atoms with van der Waals surface area (Å²) in [5, 5.41) is 6.37. The summed E-state index contributed by atoms with van der Waals surface area (Å²) in [7, 11) is 1.75. The zero-order valence-corrected chi connectivity index (χ0v) is 12.4. The standard InChI is InChI=1S/C14H28N2O2/c1-6-10(7-2)16-13(17)9-15-11-8-12(18-5)14(11,3)4/h10-12,15H,6-9H2,1-5H3,(H,16,17). The van der Waals surface area contributed by atoms with Crippen molar-refractivity contribution in [3.05, 3.63) is 0 Å². The lowest BCUT2D eigenvalue weighted by atomic mass is 9.64. The van der Waals surface area contributed by atoms with Crippen molar-refractivity contribution in [3.8, 4) is 0 Å². The fourth-order valence-corrected chi connectivity index (χ4v) is 2.62. The Labute approximate surface area is 111 Å². The van der Waals surface area contributed by atoms with E-state index >= 15 is 0 Å². The highest BCUT2D eigenvalue weighted by atomic mass is 16.5. The van der Waals surface area contributed by atoms with Gasteiger partial charge in [-0.15, -0.1) is 0 Å². The third kappa shape index (κ3) is 3.45. The molecular formula is C14H28N2O2. The largest absolute Gasteiger partial charge is 0.381 e. The predicted octanol–water partition coefficient (Wildman–Crippen LogP) is 1.69. The Morgan fingerprint density at radius 1 is 1.39 bits per heavy atom. The molecule has 1 fully saturated rings. The SMILES string of the molecule is CCC(CC)NC(=O)CNC1CC(OC)C1(C)C. The summed E-state index contributed by atoms with van der Waals surface area (Å²) < 4.78 is 5.40. The molecule has 106 valence electrons. The van der Waals surface area contributed by atoms with Crippen LogP contribution >= 0.6 is 0 Å². The summed E-state index contributed by atoms with van der Waals surface area (Å²) in [6.07, 6.45) is 3.27. The van der Waals surface area contributed by atoms with Gasteiger partial charge in [0.2, 0.25) is 5.91 Å². The highest BCUT2D eigenvalue weighted by molar-refractivity contribution is 5.78. The van der Waals surface area contributed by atoms with Crippen LogP contribution in [-0.2, 0) is 9.53 Å². The Bertz CT molecular complexity index is 275. The fourth-order valence-electron chi connectivity index (χ4n) is 2.62. The highest BCUT2D eigenvalue weighted by Crippen LogP contribution is 2.42. The number of hydrogen-bond acceptors (Lipinski definition) is 3. The van der Waals surface area contributed by atoms with Crippen LogP contribution in [0.25, 0.3) is 0 Å². The molecule has 0 spiro atoms. The molecule has 0 bridgehead atoms. The Hall–Kier alpha value is -0.610. The highest BCUT2D eigenvalue weighted by Gasteiger charge is 2.48. The smallest absolute Gasteiger partial charge is 0.234 e. The van der Waals surface area contributed by atoms with E-state index in [0.717, 1.165) is 19.3 Å². The molecule has 1 aliphatic rings. The van der Waals surface area contributed by atoms with Crippen molar-refractivity contribution in [3.63, 3.8) is 0 Å². The molecule has 0 radical (unpaired) electrons. The van der Waals surface area contributed by atoms with Gasteiger partial charge < -0.3 is 15.4 Å². The van der Waals surface area contributed by atoms with Crippen LogP contribution in [0, 0.1) is 5.41 Å². The van der Waals surface area contributed by atoms with Gasteiger partial charge in [0.15, 0.2) is 0 Å². The Kier molecular flexibility index (Phi) is 5.60. The van der Waals surface area contributed by atoms with Crippen molar-refractivity contribution in [2.24, 2.45) is 5.41 Å². The fraction of sp³-hybridized carbons (Fsp3) is 0.929. The lowest BCUT2D eigenvalue weighted by molar-refractivity contribution is -0.124. The summed E-state index contributed by atoms with van der Waals surface area (Å²) >= 11 is 0. The number of rotatable bonds is 7. The van der Waals surface area contributed by atoms with Crippen LogP contribution in [0.15, 0.2) is 0 Å². The second kappa shape index (κ2) is 6.53. The van der Waals surface area contributed by atoms with E-state index in [2.05, 4.69) is 38.3 Å². The van der Waals surface area contributed by atoms with E-state index in [0.29, 0.717) is 24.7 Å².